The summed E-state index contributed by atoms with van der Waals surface area (Å²) >= 11 is 1.27. The average molecular weight is 338 g/mol. The molecule has 0 radical (unpaired) electrons. The maximum Gasteiger partial charge on any atom is 0.389 e. The molecule has 1 amide bonds. The summed E-state index contributed by atoms with van der Waals surface area (Å²) in [5.41, 5.74) is 0.304. The first-order chi connectivity index (χ1) is 10.9. The van der Waals surface area contributed by atoms with Gasteiger partial charge in [-0.25, -0.2) is 4.79 Å². The van der Waals surface area contributed by atoms with Crippen molar-refractivity contribution in [1.29, 1.82) is 0 Å². The number of aryl methyl sites for hydroxylation is 2. The number of amides is 1. The van der Waals surface area contributed by atoms with E-state index >= 15 is 0 Å². The van der Waals surface area contributed by atoms with Crippen LogP contribution < -0.4 is 5.32 Å². The van der Waals surface area contributed by atoms with Gasteiger partial charge in [0.05, 0.1) is 36.6 Å². The summed E-state index contributed by atoms with van der Waals surface area (Å²) in [6.07, 6.45) is 1.50. The second-order valence-electron chi connectivity index (χ2n) is 4.58. The normalized spacial score (nSPS) is 10.3. The lowest BCUT2D eigenvalue weighted by Gasteiger charge is -2.04. The Balaban J connectivity index is 1.97. The van der Waals surface area contributed by atoms with Crippen molar-refractivity contribution >= 4 is 34.0 Å². The molecule has 0 atom stereocenters. The quantitative estimate of drug-likeness (QED) is 0.489. The van der Waals surface area contributed by atoms with Crippen LogP contribution >= 0.6 is 11.3 Å². The highest BCUT2D eigenvalue weighted by Gasteiger charge is 2.18. The molecule has 122 valence electrons. The second-order valence-corrected chi connectivity index (χ2v) is 5.84. The number of carbonyl (C=O) groups excluding carboxylic acids is 2. The minimum absolute atomic E-state index is 0.0659. The summed E-state index contributed by atoms with van der Waals surface area (Å²) in [4.78, 5) is 34.4. The van der Waals surface area contributed by atoms with Crippen molar-refractivity contribution in [1.82, 2.24) is 9.78 Å². The van der Waals surface area contributed by atoms with E-state index in [1.54, 1.807) is 6.07 Å². The molecule has 0 bridgehead atoms. The summed E-state index contributed by atoms with van der Waals surface area (Å²) in [6, 6.07) is 2.90. The number of aromatic nitrogens is 2. The van der Waals surface area contributed by atoms with Gasteiger partial charge >= 0.3 is 11.8 Å². The first-order valence-electron chi connectivity index (χ1n) is 6.57. The third-order valence-corrected chi connectivity index (χ3v) is 3.86. The number of nitro groups is 1. The van der Waals surface area contributed by atoms with Crippen molar-refractivity contribution < 1.29 is 19.2 Å². The topological polar surface area (TPSA) is 116 Å². The molecule has 2 heterocycles. The number of methoxy groups -OCH3 is 1. The van der Waals surface area contributed by atoms with Crippen LogP contribution in [0.1, 0.15) is 21.7 Å². The maximum atomic E-state index is 12.0. The van der Waals surface area contributed by atoms with Gasteiger partial charge in [-0.15, -0.1) is 11.3 Å². The molecule has 0 spiro atoms. The minimum Gasteiger partial charge on any atom is -0.465 e. The Labute approximate surface area is 135 Å². The van der Waals surface area contributed by atoms with Gasteiger partial charge in [-0.1, -0.05) is 0 Å². The number of hydrogen-bond donors (Lipinski definition) is 1. The van der Waals surface area contributed by atoms with Crippen LogP contribution in [0.2, 0.25) is 0 Å². The molecule has 10 heteroatoms. The molecular weight excluding hydrogens is 324 g/mol. The Morgan fingerprint density at radius 3 is 2.87 bits per heavy atom. The number of ether oxygens (including phenoxy) is 1. The molecule has 2 aromatic rings. The SMILES string of the molecule is COC(=O)c1cc(C)sc1NC(=O)CCn1ccc([N+](=O)[O-])n1. The van der Waals surface area contributed by atoms with Crippen LogP contribution in [-0.4, -0.2) is 33.7 Å². The van der Waals surface area contributed by atoms with E-state index in [9.17, 15) is 19.7 Å². The van der Waals surface area contributed by atoms with E-state index in [2.05, 4.69) is 15.2 Å². The summed E-state index contributed by atoms with van der Waals surface area (Å²) in [6.45, 7) is 2.01. The molecular formula is C13H14N4O5S. The molecule has 0 aliphatic carbocycles. The Kier molecular flexibility index (Phi) is 5.06. The number of rotatable bonds is 6. The fourth-order valence-corrected chi connectivity index (χ4v) is 2.76. The zero-order chi connectivity index (χ0) is 17.0. The first kappa shape index (κ1) is 16.6. The third kappa shape index (κ3) is 4.13. The lowest BCUT2D eigenvalue weighted by atomic mass is 10.3. The lowest BCUT2D eigenvalue weighted by Crippen LogP contribution is -2.16. The van der Waals surface area contributed by atoms with Crippen molar-refractivity contribution in [2.75, 3.05) is 12.4 Å². The van der Waals surface area contributed by atoms with Gasteiger partial charge in [-0.3, -0.25) is 4.79 Å². The van der Waals surface area contributed by atoms with Crippen LogP contribution in [-0.2, 0) is 16.1 Å². The van der Waals surface area contributed by atoms with E-state index in [-0.39, 0.29) is 24.7 Å². The molecule has 0 fully saturated rings. The number of hydrogen-bond acceptors (Lipinski definition) is 7. The zero-order valence-corrected chi connectivity index (χ0v) is 13.3. The average Bonchev–Trinajstić information content (AvgIpc) is 3.11. The van der Waals surface area contributed by atoms with Crippen LogP contribution in [0.15, 0.2) is 18.3 Å². The van der Waals surface area contributed by atoms with E-state index < -0.39 is 10.9 Å². The van der Waals surface area contributed by atoms with Gasteiger partial charge in [0.2, 0.25) is 5.91 Å². The predicted molar refractivity (Wildman–Crippen MR) is 82.5 cm³/mol. The van der Waals surface area contributed by atoms with Crippen LogP contribution in [0.25, 0.3) is 0 Å². The number of nitrogens with one attached hydrogen (secondary N) is 1. The minimum atomic E-state index is -0.604. The number of thiophene rings is 1. The van der Waals surface area contributed by atoms with Crippen molar-refractivity contribution in [3.63, 3.8) is 0 Å². The molecule has 0 aromatic carbocycles. The standard InChI is InChI=1S/C13H14N4O5S/c1-8-7-9(13(19)22-2)12(23-8)14-11(18)4-6-16-5-3-10(15-16)17(20)21/h3,5,7H,4,6H2,1-2H3,(H,14,18). The lowest BCUT2D eigenvalue weighted by molar-refractivity contribution is -0.389. The van der Waals surface area contributed by atoms with E-state index in [1.807, 2.05) is 6.92 Å². The summed E-state index contributed by atoms with van der Waals surface area (Å²) in [5.74, 6) is -1.12. The van der Waals surface area contributed by atoms with Gasteiger partial charge in [-0.05, 0) is 17.9 Å². The summed E-state index contributed by atoms with van der Waals surface area (Å²) in [7, 11) is 1.27. The molecule has 23 heavy (non-hydrogen) atoms. The Morgan fingerprint density at radius 1 is 1.52 bits per heavy atom. The molecule has 2 aromatic heterocycles. The van der Waals surface area contributed by atoms with Crippen molar-refractivity contribution in [2.24, 2.45) is 0 Å². The van der Waals surface area contributed by atoms with Crippen molar-refractivity contribution in [3.05, 3.63) is 38.9 Å². The number of esters is 1. The first-order valence-corrected chi connectivity index (χ1v) is 7.39. The number of carbonyl (C=O) groups is 2. The van der Waals surface area contributed by atoms with Crippen LogP contribution in [0.3, 0.4) is 0 Å². The van der Waals surface area contributed by atoms with Gasteiger partial charge in [0, 0.05) is 11.3 Å². The molecule has 0 aliphatic heterocycles. The second kappa shape index (κ2) is 7.01. The van der Waals surface area contributed by atoms with Crippen LogP contribution in [0, 0.1) is 17.0 Å². The molecule has 0 saturated heterocycles. The summed E-state index contributed by atoms with van der Waals surface area (Å²) in [5, 5.41) is 17.3. The van der Waals surface area contributed by atoms with Gasteiger partial charge in [0.1, 0.15) is 5.00 Å². The number of anilines is 1. The van der Waals surface area contributed by atoms with E-state index in [4.69, 9.17) is 0 Å². The highest BCUT2D eigenvalue weighted by Crippen LogP contribution is 2.28. The Hall–Kier alpha value is -2.75. The molecule has 0 unspecified atom stereocenters. The molecule has 0 saturated carbocycles. The predicted octanol–water partition coefficient (Wildman–Crippen LogP) is 1.98. The van der Waals surface area contributed by atoms with E-state index in [0.717, 1.165) is 4.88 Å². The van der Waals surface area contributed by atoms with E-state index in [0.29, 0.717) is 10.6 Å². The maximum absolute atomic E-state index is 12.0. The molecule has 1 N–H and O–H groups in total. The van der Waals surface area contributed by atoms with Crippen molar-refractivity contribution in [3.8, 4) is 0 Å². The van der Waals surface area contributed by atoms with Crippen molar-refractivity contribution in [2.45, 2.75) is 19.9 Å². The molecule has 2 rings (SSSR count). The number of nitrogens with zero attached hydrogens (tertiary/aromatic N) is 3. The highest BCUT2D eigenvalue weighted by atomic mass is 32.1. The molecule has 9 nitrogen and oxygen atoms in total. The third-order valence-electron chi connectivity index (χ3n) is 2.90. The zero-order valence-electron chi connectivity index (χ0n) is 12.4. The fourth-order valence-electron chi connectivity index (χ4n) is 1.85. The Bertz CT molecular complexity index is 751. The monoisotopic (exact) mass is 338 g/mol. The van der Waals surface area contributed by atoms with Crippen LogP contribution in [0.5, 0.6) is 0 Å². The van der Waals surface area contributed by atoms with Gasteiger partial charge in [-0.2, -0.15) is 4.68 Å². The van der Waals surface area contributed by atoms with Gasteiger partial charge in [0.15, 0.2) is 0 Å². The van der Waals surface area contributed by atoms with Gasteiger partial charge in [0.25, 0.3) is 0 Å². The molecule has 0 aliphatic rings. The highest BCUT2D eigenvalue weighted by molar-refractivity contribution is 7.16. The van der Waals surface area contributed by atoms with Crippen LogP contribution in [0.4, 0.5) is 10.8 Å². The van der Waals surface area contributed by atoms with Gasteiger partial charge < -0.3 is 20.2 Å². The largest absolute Gasteiger partial charge is 0.465 e. The Morgan fingerprint density at radius 2 is 2.26 bits per heavy atom. The summed E-state index contributed by atoms with van der Waals surface area (Å²) < 4.78 is 5.98. The smallest absolute Gasteiger partial charge is 0.389 e. The fraction of sp³-hybridized carbons (Fsp3) is 0.308. The van der Waals surface area contributed by atoms with E-state index in [1.165, 1.54) is 35.4 Å².